The minimum atomic E-state index is -0.153. The normalized spacial score (nSPS) is 11.2. The Labute approximate surface area is 175 Å². The van der Waals surface area contributed by atoms with Gasteiger partial charge in [0.15, 0.2) is 5.82 Å². The molecule has 8 heteroatoms. The van der Waals surface area contributed by atoms with Crippen LogP contribution in [0, 0.1) is 13.8 Å². The monoisotopic (exact) mass is 403 g/mol. The van der Waals surface area contributed by atoms with Gasteiger partial charge in [-0.3, -0.25) is 9.48 Å². The van der Waals surface area contributed by atoms with Gasteiger partial charge in [-0.25, -0.2) is 15.0 Å². The number of hydrogen-bond donors (Lipinski definition) is 0. The van der Waals surface area contributed by atoms with Crippen LogP contribution in [0.2, 0.25) is 0 Å². The van der Waals surface area contributed by atoms with E-state index in [4.69, 9.17) is 0 Å². The van der Waals surface area contributed by atoms with Gasteiger partial charge in [0.25, 0.3) is 5.91 Å². The van der Waals surface area contributed by atoms with Crippen molar-refractivity contribution in [3.63, 3.8) is 0 Å². The van der Waals surface area contributed by atoms with Gasteiger partial charge in [0, 0.05) is 43.8 Å². The topological polar surface area (TPSA) is 81.7 Å². The van der Waals surface area contributed by atoms with E-state index in [1.807, 2.05) is 61.5 Å². The molecule has 3 aromatic heterocycles. The Morgan fingerprint density at radius 1 is 1.17 bits per heavy atom. The number of amides is 1. The van der Waals surface area contributed by atoms with E-state index in [0.717, 1.165) is 40.0 Å². The molecule has 1 aromatic carbocycles. The second-order valence-electron chi connectivity index (χ2n) is 7.54. The lowest BCUT2D eigenvalue weighted by molar-refractivity contribution is 0.0781. The van der Waals surface area contributed by atoms with Crippen molar-refractivity contribution < 1.29 is 4.79 Å². The third-order valence-electron chi connectivity index (χ3n) is 5.36. The maximum Gasteiger partial charge on any atom is 0.273 e. The molecule has 0 fully saturated rings. The van der Waals surface area contributed by atoms with Crippen molar-refractivity contribution in [3.8, 4) is 11.5 Å². The first kappa shape index (κ1) is 19.8. The van der Waals surface area contributed by atoms with E-state index in [1.54, 1.807) is 24.5 Å². The summed E-state index contributed by atoms with van der Waals surface area (Å²) in [6, 6.07) is 5.88. The third kappa shape index (κ3) is 3.45. The van der Waals surface area contributed by atoms with Gasteiger partial charge in [0.05, 0.1) is 24.2 Å². The van der Waals surface area contributed by atoms with Crippen molar-refractivity contribution in [1.82, 2.24) is 34.2 Å². The van der Waals surface area contributed by atoms with Crippen molar-refractivity contribution in [2.75, 3.05) is 7.05 Å². The van der Waals surface area contributed by atoms with Gasteiger partial charge in [-0.1, -0.05) is 11.6 Å². The second-order valence-corrected chi connectivity index (χ2v) is 7.54. The zero-order valence-electron chi connectivity index (χ0n) is 17.9. The number of aryl methyl sites for hydroxylation is 3. The molecule has 0 aliphatic carbocycles. The number of fused-ring (bicyclic) bond motifs is 1. The van der Waals surface area contributed by atoms with Gasteiger partial charge in [-0.05, 0) is 32.9 Å². The first-order valence-corrected chi connectivity index (χ1v) is 9.91. The van der Waals surface area contributed by atoms with Crippen molar-refractivity contribution in [2.24, 2.45) is 7.05 Å². The zero-order chi connectivity index (χ0) is 21.4. The van der Waals surface area contributed by atoms with Crippen LogP contribution in [0.5, 0.6) is 0 Å². The lowest BCUT2D eigenvalue weighted by Crippen LogP contribution is -2.28. The highest BCUT2D eigenvalue weighted by atomic mass is 16.2. The van der Waals surface area contributed by atoms with Crippen molar-refractivity contribution in [1.29, 1.82) is 0 Å². The summed E-state index contributed by atoms with van der Waals surface area (Å²) in [5.41, 5.74) is 5.03. The molecule has 0 radical (unpaired) electrons. The molecule has 0 saturated heterocycles. The van der Waals surface area contributed by atoms with Crippen LogP contribution in [-0.2, 0) is 20.1 Å². The van der Waals surface area contributed by atoms with Crippen LogP contribution in [0.3, 0.4) is 0 Å². The van der Waals surface area contributed by atoms with E-state index in [1.165, 1.54) is 0 Å². The van der Waals surface area contributed by atoms with E-state index in [-0.39, 0.29) is 5.91 Å². The summed E-state index contributed by atoms with van der Waals surface area (Å²) in [6.45, 7) is 7.33. The first-order chi connectivity index (χ1) is 14.4. The smallest absolute Gasteiger partial charge is 0.273 e. The summed E-state index contributed by atoms with van der Waals surface area (Å²) in [7, 11) is 3.67. The number of aromatic nitrogens is 6. The quantitative estimate of drug-likeness (QED) is 0.511. The minimum Gasteiger partial charge on any atom is -0.336 e. The van der Waals surface area contributed by atoms with Crippen LogP contribution in [0.15, 0.2) is 36.9 Å². The molecule has 3 heterocycles. The molecule has 0 aliphatic rings. The molecule has 0 unspecified atom stereocenters. The van der Waals surface area contributed by atoms with Crippen LogP contribution in [0.1, 0.15) is 34.2 Å². The minimum absolute atomic E-state index is 0.153. The zero-order valence-corrected chi connectivity index (χ0v) is 17.9. The fraction of sp³-hybridized carbons (Fsp3) is 0.318. The molecule has 0 aliphatic heterocycles. The molecule has 0 atom stereocenters. The molecule has 0 spiro atoms. The van der Waals surface area contributed by atoms with Crippen molar-refractivity contribution in [3.05, 3.63) is 59.4 Å². The van der Waals surface area contributed by atoms with Crippen LogP contribution < -0.4 is 0 Å². The predicted octanol–water partition coefficient (Wildman–Crippen LogP) is 3.14. The highest BCUT2D eigenvalue weighted by Crippen LogP contribution is 2.24. The maximum absolute atomic E-state index is 13.5. The van der Waals surface area contributed by atoms with Gasteiger partial charge < -0.3 is 9.47 Å². The Balaban J connectivity index is 1.77. The Kier molecular flexibility index (Phi) is 5.07. The molecule has 0 N–H and O–H groups in total. The summed E-state index contributed by atoms with van der Waals surface area (Å²) >= 11 is 0. The molecule has 4 rings (SSSR count). The van der Waals surface area contributed by atoms with Gasteiger partial charge in [0.2, 0.25) is 0 Å². The molecule has 30 heavy (non-hydrogen) atoms. The fourth-order valence-electron chi connectivity index (χ4n) is 3.56. The van der Waals surface area contributed by atoms with Crippen LogP contribution in [0.4, 0.5) is 0 Å². The SMILES string of the molecule is CCn1ncc(CN(C)C(=O)c2nc(-c3cncn3C)nc3ccc(C)cc23)c1C. The highest BCUT2D eigenvalue weighted by molar-refractivity contribution is 6.04. The highest BCUT2D eigenvalue weighted by Gasteiger charge is 2.21. The maximum atomic E-state index is 13.5. The second kappa shape index (κ2) is 7.70. The van der Waals surface area contributed by atoms with E-state index < -0.39 is 0 Å². The Morgan fingerprint density at radius 3 is 2.63 bits per heavy atom. The predicted molar refractivity (Wildman–Crippen MR) is 115 cm³/mol. The van der Waals surface area contributed by atoms with Crippen LogP contribution in [-0.4, -0.2) is 47.2 Å². The molecule has 0 bridgehead atoms. The summed E-state index contributed by atoms with van der Waals surface area (Å²) in [5.74, 6) is 0.332. The van der Waals surface area contributed by atoms with Gasteiger partial charge >= 0.3 is 0 Å². The van der Waals surface area contributed by atoms with E-state index in [0.29, 0.717) is 18.1 Å². The number of imidazole rings is 1. The molecular weight excluding hydrogens is 378 g/mol. The first-order valence-electron chi connectivity index (χ1n) is 9.91. The Hall–Kier alpha value is -3.55. The summed E-state index contributed by atoms with van der Waals surface area (Å²) < 4.78 is 3.77. The number of nitrogens with zero attached hydrogens (tertiary/aromatic N) is 7. The third-order valence-corrected chi connectivity index (χ3v) is 5.36. The van der Waals surface area contributed by atoms with Gasteiger partial charge in [-0.2, -0.15) is 5.10 Å². The Bertz CT molecular complexity index is 1240. The number of carbonyl (C=O) groups excluding carboxylic acids is 1. The standard InChI is InChI=1S/C22H25N7O/c1-6-29-15(3)16(10-24-29)12-27(4)22(30)20-17-9-14(2)7-8-18(17)25-21(26-20)19-11-23-13-28(19)5/h7-11,13H,6,12H2,1-5H3. The molecule has 4 aromatic rings. The fourth-order valence-corrected chi connectivity index (χ4v) is 3.56. The lowest BCUT2D eigenvalue weighted by atomic mass is 10.1. The average molecular weight is 403 g/mol. The molecule has 1 amide bonds. The van der Waals surface area contributed by atoms with Crippen molar-refractivity contribution in [2.45, 2.75) is 33.9 Å². The summed E-state index contributed by atoms with van der Waals surface area (Å²) in [6.07, 6.45) is 5.22. The number of rotatable bonds is 5. The average Bonchev–Trinajstić information content (AvgIpc) is 3.32. The molecule has 8 nitrogen and oxygen atoms in total. The molecular formula is C22H25N7O. The van der Waals surface area contributed by atoms with E-state index in [2.05, 4.69) is 20.1 Å². The lowest BCUT2D eigenvalue weighted by Gasteiger charge is -2.18. The summed E-state index contributed by atoms with van der Waals surface area (Å²) in [5, 5.41) is 5.13. The number of hydrogen-bond acceptors (Lipinski definition) is 5. The molecule has 154 valence electrons. The summed E-state index contributed by atoms with van der Waals surface area (Å²) in [4.78, 5) is 28.6. The largest absolute Gasteiger partial charge is 0.336 e. The number of benzene rings is 1. The number of carbonyl (C=O) groups is 1. The van der Waals surface area contributed by atoms with E-state index in [9.17, 15) is 4.79 Å². The van der Waals surface area contributed by atoms with Gasteiger partial charge in [0.1, 0.15) is 11.4 Å². The van der Waals surface area contributed by atoms with Crippen LogP contribution in [0.25, 0.3) is 22.4 Å². The van der Waals surface area contributed by atoms with Crippen LogP contribution >= 0.6 is 0 Å². The van der Waals surface area contributed by atoms with E-state index >= 15 is 0 Å². The Morgan fingerprint density at radius 2 is 1.97 bits per heavy atom. The van der Waals surface area contributed by atoms with Crippen molar-refractivity contribution >= 4 is 16.8 Å². The molecule has 0 saturated carbocycles. The van der Waals surface area contributed by atoms with Gasteiger partial charge in [-0.15, -0.1) is 0 Å².